The largest absolute Gasteiger partial charge is 0.494 e. The molecule has 0 heterocycles. The number of carbonyl (C=O) groups excluding carboxylic acids is 2. The highest BCUT2D eigenvalue weighted by molar-refractivity contribution is 6.34. The number of nitrogens with zero attached hydrogens (tertiary/aromatic N) is 1. The number of hydrogen-bond acceptors (Lipinski definition) is 6. The summed E-state index contributed by atoms with van der Waals surface area (Å²) in [5.41, 5.74) is 1.08. The highest BCUT2D eigenvalue weighted by Crippen LogP contribution is 2.26. The number of aryl methyl sites for hydroxylation is 1. The fourth-order valence-electron chi connectivity index (χ4n) is 2.24. The van der Waals surface area contributed by atoms with E-state index in [-0.39, 0.29) is 22.8 Å². The first-order valence-corrected chi connectivity index (χ1v) is 8.82. The number of esters is 1. The number of anilines is 1. The van der Waals surface area contributed by atoms with E-state index in [9.17, 15) is 19.7 Å². The highest BCUT2D eigenvalue weighted by Gasteiger charge is 2.13. The van der Waals surface area contributed by atoms with Crippen LogP contribution in [0.25, 0.3) is 0 Å². The van der Waals surface area contributed by atoms with Crippen molar-refractivity contribution in [1.82, 2.24) is 0 Å². The van der Waals surface area contributed by atoms with Gasteiger partial charge < -0.3 is 14.8 Å². The standard InChI is InChI=1S/C19H19ClN2O6/c1-13-4-2-5-15(10-13)27-9-3-6-19(24)28-12-18(23)21-17-8-7-14(22(25)26)11-16(17)20/h2,4-5,7-8,10-11H,3,6,9,12H2,1H3,(H,21,23). The lowest BCUT2D eigenvalue weighted by Gasteiger charge is -2.09. The molecule has 0 atom stereocenters. The average Bonchev–Trinajstić information content (AvgIpc) is 2.65. The predicted octanol–water partition coefficient (Wildman–Crippen LogP) is 3.90. The molecule has 0 saturated heterocycles. The maximum Gasteiger partial charge on any atom is 0.306 e. The van der Waals surface area contributed by atoms with Gasteiger partial charge >= 0.3 is 5.97 Å². The van der Waals surface area contributed by atoms with Crippen LogP contribution in [0.5, 0.6) is 5.75 Å². The summed E-state index contributed by atoms with van der Waals surface area (Å²) in [5.74, 6) is -0.398. The second kappa shape index (κ2) is 10.3. The lowest BCUT2D eigenvalue weighted by Crippen LogP contribution is -2.21. The van der Waals surface area contributed by atoms with Crippen LogP contribution in [0, 0.1) is 17.0 Å². The first kappa shape index (κ1) is 21.2. The monoisotopic (exact) mass is 406 g/mol. The molecule has 0 aliphatic carbocycles. The summed E-state index contributed by atoms with van der Waals surface area (Å²) in [6.45, 7) is 1.83. The molecule has 0 radical (unpaired) electrons. The van der Waals surface area contributed by atoms with Gasteiger partial charge in [0.2, 0.25) is 0 Å². The maximum absolute atomic E-state index is 11.8. The smallest absolute Gasteiger partial charge is 0.306 e. The normalized spacial score (nSPS) is 10.2. The quantitative estimate of drug-likeness (QED) is 0.293. The van der Waals surface area contributed by atoms with Crippen LogP contribution in [0.2, 0.25) is 5.02 Å². The molecule has 0 saturated carbocycles. The molecular weight excluding hydrogens is 388 g/mol. The number of nitro groups is 1. The van der Waals surface area contributed by atoms with Crippen LogP contribution in [0.15, 0.2) is 42.5 Å². The Kier molecular flexibility index (Phi) is 7.76. The Morgan fingerprint density at radius 2 is 2.00 bits per heavy atom. The minimum atomic E-state index is -0.597. The van der Waals surface area contributed by atoms with Gasteiger partial charge in [-0.05, 0) is 37.1 Å². The third kappa shape index (κ3) is 6.88. The lowest BCUT2D eigenvalue weighted by atomic mass is 10.2. The van der Waals surface area contributed by atoms with E-state index in [2.05, 4.69) is 5.32 Å². The van der Waals surface area contributed by atoms with Crippen molar-refractivity contribution >= 4 is 34.9 Å². The van der Waals surface area contributed by atoms with Gasteiger partial charge in [-0.3, -0.25) is 19.7 Å². The molecule has 0 aliphatic rings. The summed E-state index contributed by atoms with van der Waals surface area (Å²) >= 11 is 5.88. The number of halogens is 1. The van der Waals surface area contributed by atoms with Crippen molar-refractivity contribution in [3.63, 3.8) is 0 Å². The van der Waals surface area contributed by atoms with Gasteiger partial charge in [0.15, 0.2) is 6.61 Å². The van der Waals surface area contributed by atoms with Gasteiger partial charge in [0.05, 0.1) is 22.2 Å². The second-order valence-corrected chi connectivity index (χ2v) is 6.31. The number of nitro benzene ring substituents is 1. The Morgan fingerprint density at radius 1 is 1.21 bits per heavy atom. The number of rotatable bonds is 9. The number of hydrogen-bond donors (Lipinski definition) is 1. The number of amides is 1. The Balaban J connectivity index is 1.68. The number of carbonyl (C=O) groups is 2. The van der Waals surface area contributed by atoms with Crippen LogP contribution < -0.4 is 10.1 Å². The van der Waals surface area contributed by atoms with E-state index in [1.165, 1.54) is 12.1 Å². The summed E-state index contributed by atoms with van der Waals surface area (Å²) in [6, 6.07) is 11.2. The van der Waals surface area contributed by atoms with Gasteiger partial charge in [0.25, 0.3) is 11.6 Å². The Hall–Kier alpha value is -3.13. The summed E-state index contributed by atoms with van der Waals surface area (Å²) in [7, 11) is 0. The molecule has 1 amide bonds. The number of non-ortho nitro benzene ring substituents is 1. The van der Waals surface area contributed by atoms with E-state index < -0.39 is 23.4 Å². The van der Waals surface area contributed by atoms with Crippen molar-refractivity contribution in [3.05, 3.63) is 63.2 Å². The van der Waals surface area contributed by atoms with E-state index in [4.69, 9.17) is 21.1 Å². The lowest BCUT2D eigenvalue weighted by molar-refractivity contribution is -0.384. The summed E-state index contributed by atoms with van der Waals surface area (Å²) < 4.78 is 10.4. The van der Waals surface area contributed by atoms with Crippen molar-refractivity contribution in [2.24, 2.45) is 0 Å². The fourth-order valence-corrected chi connectivity index (χ4v) is 2.46. The van der Waals surface area contributed by atoms with Gasteiger partial charge in [-0.25, -0.2) is 0 Å². The van der Waals surface area contributed by atoms with Crippen LogP contribution in [-0.2, 0) is 14.3 Å². The third-order valence-corrected chi connectivity index (χ3v) is 3.90. The van der Waals surface area contributed by atoms with Gasteiger partial charge in [-0.15, -0.1) is 0 Å². The molecule has 8 nitrogen and oxygen atoms in total. The molecule has 0 spiro atoms. The van der Waals surface area contributed by atoms with Crippen LogP contribution in [0.1, 0.15) is 18.4 Å². The summed E-state index contributed by atoms with van der Waals surface area (Å²) in [5, 5.41) is 13.1. The molecule has 0 aromatic heterocycles. The van der Waals surface area contributed by atoms with Crippen molar-refractivity contribution in [2.45, 2.75) is 19.8 Å². The molecule has 9 heteroatoms. The number of benzene rings is 2. The molecule has 2 aromatic carbocycles. The minimum Gasteiger partial charge on any atom is -0.494 e. The van der Waals surface area contributed by atoms with Crippen LogP contribution in [-0.4, -0.2) is 30.0 Å². The molecule has 2 aromatic rings. The van der Waals surface area contributed by atoms with E-state index in [0.717, 1.165) is 17.4 Å². The van der Waals surface area contributed by atoms with Crippen LogP contribution in [0.3, 0.4) is 0 Å². The van der Waals surface area contributed by atoms with Crippen molar-refractivity contribution < 1.29 is 24.0 Å². The van der Waals surface area contributed by atoms with Crippen molar-refractivity contribution in [3.8, 4) is 5.75 Å². The van der Waals surface area contributed by atoms with E-state index in [0.29, 0.717) is 13.0 Å². The summed E-state index contributed by atoms with van der Waals surface area (Å²) in [4.78, 5) is 33.6. The third-order valence-electron chi connectivity index (χ3n) is 3.59. The highest BCUT2D eigenvalue weighted by atomic mass is 35.5. The maximum atomic E-state index is 11.8. The summed E-state index contributed by atoms with van der Waals surface area (Å²) in [6.07, 6.45) is 0.556. The zero-order valence-corrected chi connectivity index (χ0v) is 15.9. The van der Waals surface area contributed by atoms with Crippen molar-refractivity contribution in [2.75, 3.05) is 18.5 Å². The second-order valence-electron chi connectivity index (χ2n) is 5.90. The molecule has 148 valence electrons. The van der Waals surface area contributed by atoms with E-state index >= 15 is 0 Å². The number of ether oxygens (including phenoxy) is 2. The van der Waals surface area contributed by atoms with Gasteiger partial charge in [0.1, 0.15) is 5.75 Å². The van der Waals surface area contributed by atoms with E-state index in [1.807, 2.05) is 31.2 Å². The fraction of sp³-hybridized carbons (Fsp3) is 0.263. The van der Waals surface area contributed by atoms with Gasteiger partial charge in [-0.2, -0.15) is 0 Å². The minimum absolute atomic E-state index is 0.0159. The first-order chi connectivity index (χ1) is 13.3. The van der Waals surface area contributed by atoms with E-state index in [1.54, 1.807) is 0 Å². The zero-order chi connectivity index (χ0) is 20.5. The molecule has 2 rings (SSSR count). The molecule has 0 bridgehead atoms. The molecule has 1 N–H and O–H groups in total. The molecule has 0 aliphatic heterocycles. The first-order valence-electron chi connectivity index (χ1n) is 8.44. The van der Waals surface area contributed by atoms with Gasteiger partial charge in [-0.1, -0.05) is 23.7 Å². The van der Waals surface area contributed by atoms with Crippen LogP contribution in [0.4, 0.5) is 11.4 Å². The Bertz CT molecular complexity index is 871. The SMILES string of the molecule is Cc1cccc(OCCCC(=O)OCC(=O)Nc2ccc([N+](=O)[O-])cc2Cl)c1. The molecule has 28 heavy (non-hydrogen) atoms. The molecular formula is C19H19ClN2O6. The van der Waals surface area contributed by atoms with Crippen molar-refractivity contribution in [1.29, 1.82) is 0 Å². The Labute approximate surface area is 166 Å². The zero-order valence-electron chi connectivity index (χ0n) is 15.1. The Morgan fingerprint density at radius 3 is 2.68 bits per heavy atom. The van der Waals surface area contributed by atoms with Crippen LogP contribution >= 0.6 is 11.6 Å². The average molecular weight is 407 g/mol. The number of nitrogens with one attached hydrogen (secondary N) is 1. The topological polar surface area (TPSA) is 108 Å². The van der Waals surface area contributed by atoms with Gasteiger partial charge in [0, 0.05) is 18.6 Å². The molecule has 0 fully saturated rings. The molecule has 0 unspecified atom stereocenters. The predicted molar refractivity (Wildman–Crippen MR) is 104 cm³/mol.